The van der Waals surface area contributed by atoms with Crippen LogP contribution in [0.4, 0.5) is 0 Å². The number of Topliss-reactive ketones (excluding diaryl/α,β-unsaturated/α-hetero) is 2. The molecule has 0 amide bonds. The summed E-state index contributed by atoms with van der Waals surface area (Å²) in [7, 11) is 3.77. The van der Waals surface area contributed by atoms with Crippen LogP contribution in [0.15, 0.2) is 24.8 Å². The first-order valence-electron chi connectivity index (χ1n) is 16.4. The number of nitrogens with zero attached hydrogens (tertiary/aromatic N) is 1. The number of rotatable bonds is 7. The monoisotopic (exact) mass is 635 g/mol. The largest absolute Gasteiger partial charge is 0.459 e. The molecule has 0 aromatic rings. The van der Waals surface area contributed by atoms with Gasteiger partial charge in [0, 0.05) is 29.7 Å². The highest BCUT2D eigenvalue weighted by atomic mass is 16.7. The first-order chi connectivity index (χ1) is 20.9. The second kappa shape index (κ2) is 14.9. The molecule has 10 nitrogen and oxygen atoms in total. The molecule has 13 atom stereocenters. The van der Waals surface area contributed by atoms with Crippen molar-refractivity contribution in [2.75, 3.05) is 27.3 Å². The van der Waals surface area contributed by atoms with Gasteiger partial charge in [-0.3, -0.25) is 14.4 Å². The molecule has 3 aliphatic rings. The van der Waals surface area contributed by atoms with E-state index in [1.165, 1.54) is 6.92 Å². The van der Waals surface area contributed by atoms with Gasteiger partial charge in [0.15, 0.2) is 12.1 Å². The third-order valence-corrected chi connectivity index (χ3v) is 10.4. The van der Waals surface area contributed by atoms with Crippen molar-refractivity contribution < 1.29 is 43.2 Å². The molecule has 2 unspecified atom stereocenters. The Bertz CT molecular complexity index is 1110. The number of hydrogen-bond acceptors (Lipinski definition) is 10. The maximum atomic E-state index is 14.2. The number of carbonyl (C=O) groups is 3. The maximum absolute atomic E-state index is 14.2. The SMILES string of the molecule is C=CCO[C@]1(C)C[C@@H](C)C(=O)C(C)[C@@H]2C(=C)CO[C@]2(C)[C@@H](CC)OC(=O)C(C)C(=O)[C@H](C)[C@H]1O[C@@H]1O[C@H](C)C[C@H](N(C)C)[C@H]1O. The van der Waals surface area contributed by atoms with Gasteiger partial charge < -0.3 is 33.7 Å². The predicted molar refractivity (Wildman–Crippen MR) is 170 cm³/mol. The smallest absolute Gasteiger partial charge is 0.316 e. The molecule has 3 aliphatic heterocycles. The van der Waals surface area contributed by atoms with Crippen molar-refractivity contribution in [1.29, 1.82) is 0 Å². The minimum Gasteiger partial charge on any atom is -0.459 e. The molecule has 0 radical (unpaired) electrons. The molecule has 0 aromatic carbocycles. The Balaban J connectivity index is 2.14. The Morgan fingerprint density at radius 1 is 1.07 bits per heavy atom. The van der Waals surface area contributed by atoms with Crippen molar-refractivity contribution in [2.45, 2.75) is 123 Å². The fraction of sp³-hybridized carbons (Fsp3) is 0.800. The summed E-state index contributed by atoms with van der Waals surface area (Å²) in [5.41, 5.74) is -1.44. The number of fused-ring (bicyclic) bond motifs is 1. The van der Waals surface area contributed by atoms with E-state index >= 15 is 0 Å². The molecule has 3 saturated heterocycles. The van der Waals surface area contributed by atoms with Gasteiger partial charge in [-0.2, -0.15) is 0 Å². The van der Waals surface area contributed by atoms with E-state index in [1.807, 2.05) is 60.5 Å². The van der Waals surface area contributed by atoms with E-state index in [0.29, 0.717) is 12.8 Å². The lowest BCUT2D eigenvalue weighted by Gasteiger charge is -2.47. The van der Waals surface area contributed by atoms with Gasteiger partial charge in [-0.05, 0) is 66.6 Å². The Morgan fingerprint density at radius 2 is 1.71 bits per heavy atom. The van der Waals surface area contributed by atoms with Crippen LogP contribution in [0.25, 0.3) is 0 Å². The Labute approximate surface area is 269 Å². The number of cyclic esters (lactones) is 1. The highest BCUT2D eigenvalue weighted by Gasteiger charge is 2.55. The first kappa shape index (κ1) is 37.5. The van der Waals surface area contributed by atoms with Crippen molar-refractivity contribution in [3.63, 3.8) is 0 Å². The molecular formula is C35H57NO9. The van der Waals surface area contributed by atoms with Crippen LogP contribution in [-0.2, 0) is 38.1 Å². The van der Waals surface area contributed by atoms with Crippen LogP contribution in [0.1, 0.15) is 74.7 Å². The second-order valence-electron chi connectivity index (χ2n) is 14.2. The van der Waals surface area contributed by atoms with E-state index in [2.05, 4.69) is 13.2 Å². The molecule has 3 rings (SSSR count). The predicted octanol–water partition coefficient (Wildman–Crippen LogP) is 4.13. The quantitative estimate of drug-likeness (QED) is 0.248. The lowest BCUT2D eigenvalue weighted by molar-refractivity contribution is -0.296. The van der Waals surface area contributed by atoms with E-state index in [4.69, 9.17) is 23.7 Å². The minimum atomic E-state index is -1.22. The second-order valence-corrected chi connectivity index (χ2v) is 14.2. The lowest BCUT2D eigenvalue weighted by Crippen LogP contribution is -2.59. The third-order valence-electron chi connectivity index (χ3n) is 10.4. The average Bonchev–Trinajstić information content (AvgIpc) is 3.30. The van der Waals surface area contributed by atoms with E-state index in [0.717, 1.165) is 5.57 Å². The molecule has 3 fully saturated rings. The maximum Gasteiger partial charge on any atom is 0.316 e. The Kier molecular flexibility index (Phi) is 12.4. The summed E-state index contributed by atoms with van der Waals surface area (Å²) in [5, 5.41) is 11.4. The van der Waals surface area contributed by atoms with Crippen molar-refractivity contribution in [2.24, 2.45) is 29.6 Å². The zero-order valence-corrected chi connectivity index (χ0v) is 29.0. The van der Waals surface area contributed by atoms with Gasteiger partial charge in [0.1, 0.15) is 29.5 Å². The van der Waals surface area contributed by atoms with Crippen LogP contribution < -0.4 is 0 Å². The topological polar surface area (TPSA) is 121 Å². The summed E-state index contributed by atoms with van der Waals surface area (Å²) >= 11 is 0. The summed E-state index contributed by atoms with van der Waals surface area (Å²) in [6.45, 7) is 22.9. The number of aliphatic hydroxyl groups excluding tert-OH is 1. The molecule has 0 saturated carbocycles. The van der Waals surface area contributed by atoms with E-state index < -0.39 is 77.1 Å². The Morgan fingerprint density at radius 3 is 2.29 bits per heavy atom. The molecule has 3 heterocycles. The molecule has 0 aliphatic carbocycles. The third kappa shape index (κ3) is 7.63. The van der Waals surface area contributed by atoms with Crippen molar-refractivity contribution in [3.05, 3.63) is 24.8 Å². The number of hydrogen-bond donors (Lipinski definition) is 1. The van der Waals surface area contributed by atoms with Gasteiger partial charge in [0.25, 0.3) is 0 Å². The van der Waals surface area contributed by atoms with Crippen molar-refractivity contribution in [3.8, 4) is 0 Å². The van der Waals surface area contributed by atoms with Crippen LogP contribution in [-0.4, -0.2) is 103 Å². The lowest BCUT2D eigenvalue weighted by atomic mass is 9.69. The fourth-order valence-corrected chi connectivity index (χ4v) is 7.90. The number of ether oxygens (including phenoxy) is 5. The molecule has 10 heteroatoms. The molecule has 0 spiro atoms. The van der Waals surface area contributed by atoms with E-state index in [-0.39, 0.29) is 37.6 Å². The van der Waals surface area contributed by atoms with E-state index in [1.54, 1.807) is 13.0 Å². The standard InChI is InChI=1S/C35H57NO9/c1-13-15-41-34(9)17-19(3)28(37)22(6)27-20(4)18-42-35(27,10)26(14-2)44-32(40)24(8)29(38)23(7)31(34)45-33-30(39)25(36(11)12)16-21(5)43-33/h13,19,21-27,30-31,33,39H,1,4,14-18H2,2-3,5-12H3/t19-,21-,22?,23+,24?,25+,26-,27+,30-,31-,33+,34-,35-/m1/s1. The number of ketones is 2. The zero-order chi connectivity index (χ0) is 34.0. The van der Waals surface area contributed by atoms with Crippen molar-refractivity contribution >= 4 is 17.5 Å². The highest BCUT2D eigenvalue weighted by Crippen LogP contribution is 2.46. The molecule has 0 aromatic heterocycles. The summed E-state index contributed by atoms with van der Waals surface area (Å²) in [6.07, 6.45) is -1.20. The minimum absolute atomic E-state index is 0.0223. The van der Waals surface area contributed by atoms with Gasteiger partial charge in [-0.25, -0.2) is 0 Å². The molecule has 1 N–H and O–H groups in total. The number of carbonyl (C=O) groups excluding carboxylic acids is 3. The highest BCUT2D eigenvalue weighted by molar-refractivity contribution is 6.00. The van der Waals surface area contributed by atoms with Gasteiger partial charge in [0.05, 0.1) is 31.0 Å². The van der Waals surface area contributed by atoms with Crippen LogP contribution in [0.5, 0.6) is 0 Å². The average molecular weight is 636 g/mol. The van der Waals surface area contributed by atoms with Crippen molar-refractivity contribution in [1.82, 2.24) is 4.90 Å². The van der Waals surface area contributed by atoms with Crippen LogP contribution in [0.2, 0.25) is 0 Å². The Hall–Kier alpha value is -1.95. The summed E-state index contributed by atoms with van der Waals surface area (Å²) in [5.74, 6) is -4.55. The molecule has 45 heavy (non-hydrogen) atoms. The van der Waals surface area contributed by atoms with Gasteiger partial charge in [-0.1, -0.05) is 40.3 Å². The number of likely N-dealkylation sites (N-methyl/N-ethyl adjacent to an activating group) is 1. The summed E-state index contributed by atoms with van der Waals surface area (Å²) < 4.78 is 31.4. The van der Waals surface area contributed by atoms with Gasteiger partial charge >= 0.3 is 5.97 Å². The fourth-order valence-electron chi connectivity index (χ4n) is 7.90. The number of esters is 1. The molecule has 0 bridgehead atoms. The zero-order valence-electron chi connectivity index (χ0n) is 29.0. The van der Waals surface area contributed by atoms with Gasteiger partial charge in [-0.15, -0.1) is 6.58 Å². The van der Waals surface area contributed by atoms with Crippen LogP contribution in [0, 0.1) is 29.6 Å². The summed E-state index contributed by atoms with van der Waals surface area (Å²) in [6, 6.07) is -0.249. The van der Waals surface area contributed by atoms with Crippen LogP contribution >= 0.6 is 0 Å². The van der Waals surface area contributed by atoms with Gasteiger partial charge in [0.2, 0.25) is 0 Å². The number of aliphatic hydroxyl groups is 1. The molecule has 256 valence electrons. The van der Waals surface area contributed by atoms with Crippen LogP contribution in [0.3, 0.4) is 0 Å². The van der Waals surface area contributed by atoms with E-state index in [9.17, 15) is 19.5 Å². The normalized spacial score (nSPS) is 44.0. The molecular weight excluding hydrogens is 578 g/mol. The first-order valence-corrected chi connectivity index (χ1v) is 16.4. The summed E-state index contributed by atoms with van der Waals surface area (Å²) in [4.78, 5) is 43.9.